The van der Waals surface area contributed by atoms with E-state index >= 15 is 13.2 Å². The van der Waals surface area contributed by atoms with Crippen LogP contribution in [0.15, 0.2) is 97.3 Å². The van der Waals surface area contributed by atoms with Crippen LogP contribution in [0.5, 0.6) is 0 Å². The summed E-state index contributed by atoms with van der Waals surface area (Å²) in [5, 5.41) is 4.74. The van der Waals surface area contributed by atoms with Crippen molar-refractivity contribution in [2.75, 3.05) is 0 Å². The second kappa shape index (κ2) is 14.7. The zero-order valence-electron chi connectivity index (χ0n) is 25.6. The van der Waals surface area contributed by atoms with Gasteiger partial charge in [0.1, 0.15) is 11.9 Å². The maximum Gasteiger partial charge on any atom is 0.692 e. The van der Waals surface area contributed by atoms with Crippen LogP contribution < -0.4 is 0 Å². The average molecular weight is 647 g/mol. The molecule has 1 heterocycles. The van der Waals surface area contributed by atoms with Crippen molar-refractivity contribution in [3.8, 4) is 0 Å². The Labute approximate surface area is 258 Å². The molecule has 4 rings (SSSR count). The quantitative estimate of drug-likeness (QED) is 0.0969. The van der Waals surface area contributed by atoms with Crippen LogP contribution in [0, 0.1) is 5.92 Å². The first kappa shape index (κ1) is 35.3. The molecule has 0 aliphatic rings. The first-order valence-electron chi connectivity index (χ1n) is 14.4. The van der Waals surface area contributed by atoms with Gasteiger partial charge in [-0.2, -0.15) is 18.3 Å². The van der Waals surface area contributed by atoms with E-state index < -0.39 is 33.9 Å². The van der Waals surface area contributed by atoms with Gasteiger partial charge in [0.25, 0.3) is 0 Å². The lowest BCUT2D eigenvalue weighted by Gasteiger charge is -2.40. The highest BCUT2D eigenvalue weighted by Crippen LogP contribution is 2.49. The summed E-state index contributed by atoms with van der Waals surface area (Å²) in [4.78, 5) is 18.7. The van der Waals surface area contributed by atoms with Gasteiger partial charge in [0.05, 0.1) is 0 Å². The molecule has 3 aromatic carbocycles. The van der Waals surface area contributed by atoms with Gasteiger partial charge >= 0.3 is 14.4 Å². The van der Waals surface area contributed by atoms with E-state index in [1.54, 1.807) is 24.3 Å². The maximum atomic E-state index is 15.3. The topological polar surface area (TPSA) is 97.5 Å². The predicted octanol–water partition coefficient (Wildman–Crippen LogP) is 8.18. The van der Waals surface area contributed by atoms with Gasteiger partial charge in [-0.3, -0.25) is 0 Å². The second-order valence-corrected chi connectivity index (χ2v) is 16.4. The van der Waals surface area contributed by atoms with Crippen LogP contribution in [0.4, 0.5) is 13.2 Å². The normalized spacial score (nSPS) is 13.6. The highest BCUT2D eigenvalue weighted by Gasteiger charge is 2.62. The molecule has 0 fully saturated rings. The van der Waals surface area contributed by atoms with Crippen molar-refractivity contribution in [3.05, 3.63) is 120 Å². The SMILES string of the molecule is CCC(CC)CC(O[Si](C)(C)C)(c1ncn(C(c2ccccc2)(c2ccccc2)c2ccccc2)n1)C(F)(F)F.O=[P+](O)O. The number of aromatic nitrogens is 3. The van der Waals surface area contributed by atoms with Crippen molar-refractivity contribution in [2.45, 2.75) is 70.1 Å². The molecule has 4 aromatic rings. The summed E-state index contributed by atoms with van der Waals surface area (Å²) in [5.41, 5.74) is -1.12. The zero-order valence-corrected chi connectivity index (χ0v) is 27.5. The number of hydrogen-bond acceptors (Lipinski definition) is 4. The molecular weight excluding hydrogens is 606 g/mol. The summed E-state index contributed by atoms with van der Waals surface area (Å²) < 4.78 is 62.3. The third-order valence-electron chi connectivity index (χ3n) is 7.44. The Bertz CT molecular complexity index is 1360. The summed E-state index contributed by atoms with van der Waals surface area (Å²) in [5.74, 6) is -0.548. The summed E-state index contributed by atoms with van der Waals surface area (Å²) in [6, 6.07) is 29.2. The number of hydrogen-bond donors (Lipinski definition) is 2. The molecule has 0 saturated carbocycles. The monoisotopic (exact) mass is 646 g/mol. The Morgan fingerprint density at radius 2 is 1.20 bits per heavy atom. The van der Waals surface area contributed by atoms with Crippen LogP contribution in [-0.2, 0) is 20.1 Å². The number of alkyl halides is 3. The predicted molar refractivity (Wildman–Crippen MR) is 168 cm³/mol. The minimum atomic E-state index is -4.71. The molecule has 236 valence electrons. The lowest BCUT2D eigenvalue weighted by molar-refractivity contribution is -0.268. The summed E-state index contributed by atoms with van der Waals surface area (Å²) in [7, 11) is -5.59. The molecule has 0 bridgehead atoms. The van der Waals surface area contributed by atoms with Crippen LogP contribution in [0.3, 0.4) is 0 Å². The van der Waals surface area contributed by atoms with E-state index in [9.17, 15) is 0 Å². The van der Waals surface area contributed by atoms with E-state index in [-0.39, 0.29) is 18.2 Å². The Balaban J connectivity index is 0.00000124. The Morgan fingerprint density at radius 3 is 1.52 bits per heavy atom. The van der Waals surface area contributed by atoms with Crippen molar-refractivity contribution in [1.29, 1.82) is 0 Å². The fourth-order valence-corrected chi connectivity index (χ4v) is 6.87. The zero-order chi connectivity index (χ0) is 32.6. The lowest BCUT2D eigenvalue weighted by atomic mass is 9.77. The molecule has 12 heteroatoms. The minimum Gasteiger partial charge on any atom is -0.398 e. The van der Waals surface area contributed by atoms with Crippen molar-refractivity contribution in [3.63, 3.8) is 0 Å². The molecule has 44 heavy (non-hydrogen) atoms. The van der Waals surface area contributed by atoms with E-state index in [0.29, 0.717) is 12.8 Å². The molecule has 0 aliphatic carbocycles. The maximum absolute atomic E-state index is 15.3. The Hall–Kier alpha value is -3.21. The van der Waals surface area contributed by atoms with Crippen molar-refractivity contribution in [1.82, 2.24) is 14.8 Å². The van der Waals surface area contributed by atoms with E-state index in [2.05, 4.69) is 4.98 Å². The van der Waals surface area contributed by atoms with Crippen LogP contribution in [0.1, 0.15) is 55.6 Å². The van der Waals surface area contributed by atoms with Crippen molar-refractivity contribution in [2.24, 2.45) is 5.92 Å². The number of benzene rings is 3. The fraction of sp³-hybridized carbons (Fsp3) is 0.375. The van der Waals surface area contributed by atoms with Crippen LogP contribution in [0.2, 0.25) is 19.6 Å². The highest BCUT2D eigenvalue weighted by atomic mass is 31.1. The summed E-state index contributed by atoms with van der Waals surface area (Å²) >= 11 is 0. The van der Waals surface area contributed by atoms with Gasteiger partial charge in [0.15, 0.2) is 14.1 Å². The minimum absolute atomic E-state index is 0.202. The molecule has 1 aromatic heterocycles. The van der Waals surface area contributed by atoms with Crippen LogP contribution >= 0.6 is 8.25 Å². The van der Waals surface area contributed by atoms with E-state index in [4.69, 9.17) is 23.9 Å². The van der Waals surface area contributed by atoms with E-state index in [0.717, 1.165) is 16.7 Å². The number of rotatable bonds is 11. The van der Waals surface area contributed by atoms with Gasteiger partial charge in [-0.15, -0.1) is 9.79 Å². The van der Waals surface area contributed by atoms with Gasteiger partial charge in [0.2, 0.25) is 5.60 Å². The summed E-state index contributed by atoms with van der Waals surface area (Å²) in [6.07, 6.45) is -2.30. The first-order chi connectivity index (χ1) is 20.7. The molecule has 0 radical (unpaired) electrons. The molecule has 2 N–H and O–H groups in total. The van der Waals surface area contributed by atoms with Gasteiger partial charge < -0.3 is 4.43 Å². The fourth-order valence-electron chi connectivity index (χ4n) is 5.53. The third-order valence-corrected chi connectivity index (χ3v) is 8.40. The van der Waals surface area contributed by atoms with Crippen LogP contribution in [0.25, 0.3) is 0 Å². The van der Waals surface area contributed by atoms with Crippen molar-refractivity contribution < 1.29 is 31.9 Å². The standard InChI is InChI=1S/C32H38F3N3OSi.HO3P/c1-6-25(7-2)23-30(32(33,34)35,39-40(3,4)5)29-36-24-38(37-29)31(26-17-11-8-12-18-26,27-19-13-9-14-20-27)28-21-15-10-16-22-28;1-4(2)3/h8-22,24-25H,6-7,23H2,1-5H3;(H-,1,2,3)/p+1. The number of nitrogens with zero attached hydrogens (tertiary/aromatic N) is 3. The molecule has 7 nitrogen and oxygen atoms in total. The summed E-state index contributed by atoms with van der Waals surface area (Å²) in [6.45, 7) is 9.17. The molecule has 1 unspecified atom stereocenters. The Morgan fingerprint density at radius 1 is 0.818 bits per heavy atom. The molecule has 0 aliphatic heterocycles. The lowest BCUT2D eigenvalue weighted by Crippen LogP contribution is -2.52. The first-order valence-corrected chi connectivity index (χ1v) is 19.0. The van der Waals surface area contributed by atoms with Gasteiger partial charge in [-0.25, -0.2) is 9.67 Å². The Kier molecular flexibility index (Phi) is 11.8. The average Bonchev–Trinajstić information content (AvgIpc) is 3.47. The van der Waals surface area contributed by atoms with E-state index in [1.165, 1.54) is 6.33 Å². The third kappa shape index (κ3) is 7.89. The molecule has 0 saturated heterocycles. The second-order valence-electron chi connectivity index (χ2n) is 11.5. The van der Waals surface area contributed by atoms with Crippen molar-refractivity contribution >= 4 is 16.6 Å². The molecule has 0 amide bonds. The molecular formula is C32H40F3N3O4PSi+. The van der Waals surface area contributed by atoms with Gasteiger partial charge in [0, 0.05) is 4.57 Å². The van der Waals surface area contributed by atoms with Gasteiger partial charge in [-0.1, -0.05) is 118 Å². The molecule has 0 spiro atoms. The van der Waals surface area contributed by atoms with Crippen LogP contribution in [-0.4, -0.2) is 39.0 Å². The highest BCUT2D eigenvalue weighted by molar-refractivity contribution is 7.30. The largest absolute Gasteiger partial charge is 0.692 e. The van der Waals surface area contributed by atoms with Gasteiger partial charge in [-0.05, 0) is 48.7 Å². The van der Waals surface area contributed by atoms with E-state index in [1.807, 2.05) is 105 Å². The smallest absolute Gasteiger partial charge is 0.398 e. The molecule has 1 atom stereocenters. The number of halogens is 3.